The molecule has 0 spiro atoms. The molecule has 1 fully saturated rings. The van der Waals surface area contributed by atoms with Crippen molar-refractivity contribution < 1.29 is 0 Å². The molecule has 0 aliphatic heterocycles. The number of aryl methyl sites for hydroxylation is 1. The Labute approximate surface area is 161 Å². The van der Waals surface area contributed by atoms with Crippen molar-refractivity contribution in [3.8, 4) is 0 Å². The number of hydrogen-bond donors (Lipinski definition) is 2. The zero-order chi connectivity index (χ0) is 16.6. The zero-order valence-electron chi connectivity index (χ0n) is 15.0. The SMILES string of the molecule is CCc1nc2cc(CN=C(N)NC(C)(C)C)ccc2n1C1CC1.I. The second-order valence-corrected chi connectivity index (χ2v) is 7.38. The van der Waals surface area contributed by atoms with Crippen LogP contribution in [0.1, 0.15) is 58.0 Å². The number of imidazole rings is 1. The van der Waals surface area contributed by atoms with Gasteiger partial charge in [-0.1, -0.05) is 13.0 Å². The third kappa shape index (κ3) is 4.40. The third-order valence-corrected chi connectivity index (χ3v) is 3.99. The van der Waals surface area contributed by atoms with Gasteiger partial charge in [-0.05, 0) is 51.3 Å². The van der Waals surface area contributed by atoms with E-state index >= 15 is 0 Å². The number of aromatic nitrogens is 2. The lowest BCUT2D eigenvalue weighted by Gasteiger charge is -2.20. The van der Waals surface area contributed by atoms with E-state index in [0.717, 1.165) is 17.5 Å². The Bertz CT molecular complexity index is 738. The van der Waals surface area contributed by atoms with Gasteiger partial charge >= 0.3 is 0 Å². The zero-order valence-corrected chi connectivity index (χ0v) is 17.3. The van der Waals surface area contributed by atoms with E-state index in [1.807, 2.05) is 0 Å². The second-order valence-electron chi connectivity index (χ2n) is 7.38. The standard InChI is InChI=1S/C18H27N5.HI/c1-5-16-21-14-10-12(11-20-17(19)22-18(2,3)4)6-9-15(14)23(16)13-7-8-13;/h6,9-10,13H,5,7-8,11H2,1-4H3,(H3,19,20,22);1H. The molecular weight excluding hydrogens is 413 g/mol. The molecule has 3 rings (SSSR count). The normalized spacial score (nSPS) is 15.4. The summed E-state index contributed by atoms with van der Waals surface area (Å²) in [6.07, 6.45) is 3.53. The highest BCUT2D eigenvalue weighted by Crippen LogP contribution is 2.38. The summed E-state index contributed by atoms with van der Waals surface area (Å²) in [6, 6.07) is 7.11. The molecule has 1 aromatic carbocycles. The van der Waals surface area contributed by atoms with Gasteiger partial charge in [0.25, 0.3) is 0 Å². The maximum absolute atomic E-state index is 5.94. The predicted octanol–water partition coefficient (Wildman–Crippen LogP) is 3.75. The summed E-state index contributed by atoms with van der Waals surface area (Å²) in [5.74, 6) is 1.67. The Hall–Kier alpha value is -1.31. The maximum Gasteiger partial charge on any atom is 0.189 e. The van der Waals surface area contributed by atoms with Gasteiger partial charge in [-0.3, -0.25) is 0 Å². The first-order valence-electron chi connectivity index (χ1n) is 8.45. The molecule has 0 radical (unpaired) electrons. The van der Waals surface area contributed by atoms with Gasteiger partial charge in [0.2, 0.25) is 0 Å². The van der Waals surface area contributed by atoms with Gasteiger partial charge < -0.3 is 15.6 Å². The van der Waals surface area contributed by atoms with Crippen LogP contribution in [0.2, 0.25) is 0 Å². The van der Waals surface area contributed by atoms with Crippen LogP contribution in [0.15, 0.2) is 23.2 Å². The molecule has 1 heterocycles. The molecule has 1 aliphatic rings. The minimum atomic E-state index is -0.0728. The minimum Gasteiger partial charge on any atom is -0.370 e. The van der Waals surface area contributed by atoms with Crippen molar-refractivity contribution in [3.63, 3.8) is 0 Å². The van der Waals surface area contributed by atoms with E-state index in [1.165, 1.54) is 24.2 Å². The van der Waals surface area contributed by atoms with Crippen molar-refractivity contribution in [1.82, 2.24) is 14.9 Å². The Morgan fingerprint density at radius 1 is 1.38 bits per heavy atom. The van der Waals surface area contributed by atoms with E-state index in [4.69, 9.17) is 10.7 Å². The number of fused-ring (bicyclic) bond motifs is 1. The topological polar surface area (TPSA) is 68.2 Å². The smallest absolute Gasteiger partial charge is 0.189 e. The lowest BCUT2D eigenvalue weighted by molar-refractivity contribution is 0.508. The van der Waals surface area contributed by atoms with Crippen molar-refractivity contribution in [1.29, 1.82) is 0 Å². The summed E-state index contributed by atoms with van der Waals surface area (Å²) in [5, 5.41) is 3.18. The molecule has 3 N–H and O–H groups in total. The van der Waals surface area contributed by atoms with Gasteiger partial charge in [-0.2, -0.15) is 0 Å². The Morgan fingerprint density at radius 3 is 2.67 bits per heavy atom. The first-order valence-corrected chi connectivity index (χ1v) is 8.45. The molecule has 24 heavy (non-hydrogen) atoms. The first kappa shape index (κ1) is 19.0. The van der Waals surface area contributed by atoms with Crippen molar-refractivity contribution in [2.24, 2.45) is 10.7 Å². The number of rotatable bonds is 4. The average molecular weight is 441 g/mol. The monoisotopic (exact) mass is 441 g/mol. The lowest BCUT2D eigenvalue weighted by atomic mass is 10.1. The number of hydrogen-bond acceptors (Lipinski definition) is 2. The van der Waals surface area contributed by atoms with Crippen molar-refractivity contribution in [2.45, 2.75) is 65.1 Å². The molecule has 5 nitrogen and oxygen atoms in total. The van der Waals surface area contributed by atoms with Crippen molar-refractivity contribution in [3.05, 3.63) is 29.6 Å². The summed E-state index contributed by atoms with van der Waals surface area (Å²) in [4.78, 5) is 9.24. The maximum atomic E-state index is 5.94. The van der Waals surface area contributed by atoms with Crippen molar-refractivity contribution >= 4 is 41.0 Å². The Morgan fingerprint density at radius 2 is 2.08 bits per heavy atom. The van der Waals surface area contributed by atoms with Crippen LogP contribution in [0, 0.1) is 0 Å². The van der Waals surface area contributed by atoms with Crippen LogP contribution < -0.4 is 11.1 Å². The van der Waals surface area contributed by atoms with Gasteiger partial charge in [0.15, 0.2) is 5.96 Å². The number of benzene rings is 1. The number of aliphatic imine (C=N–C) groups is 1. The Kier molecular flexibility index (Phi) is 5.78. The van der Waals surface area contributed by atoms with Crippen LogP contribution in [-0.4, -0.2) is 21.0 Å². The molecule has 0 amide bonds. The Balaban J connectivity index is 0.00000208. The molecule has 0 unspecified atom stereocenters. The van der Waals surface area contributed by atoms with Crippen LogP contribution in [0.5, 0.6) is 0 Å². The van der Waals surface area contributed by atoms with E-state index in [1.54, 1.807) is 0 Å². The van der Waals surface area contributed by atoms with E-state index < -0.39 is 0 Å². The van der Waals surface area contributed by atoms with Gasteiger partial charge in [0, 0.05) is 18.0 Å². The highest BCUT2D eigenvalue weighted by atomic mass is 127. The minimum absolute atomic E-state index is 0. The largest absolute Gasteiger partial charge is 0.370 e. The van der Waals surface area contributed by atoms with Gasteiger partial charge in [0.1, 0.15) is 5.82 Å². The summed E-state index contributed by atoms with van der Waals surface area (Å²) in [6.45, 7) is 8.95. The van der Waals surface area contributed by atoms with Gasteiger partial charge in [-0.25, -0.2) is 9.98 Å². The molecule has 1 saturated carbocycles. The number of nitrogens with two attached hydrogens (primary N) is 1. The number of nitrogens with one attached hydrogen (secondary N) is 1. The summed E-state index contributed by atoms with van der Waals surface area (Å²) in [7, 11) is 0. The molecule has 1 aliphatic carbocycles. The molecule has 6 heteroatoms. The van der Waals surface area contributed by atoms with E-state index in [2.05, 4.69) is 60.8 Å². The number of guanidine groups is 1. The van der Waals surface area contributed by atoms with E-state index in [-0.39, 0.29) is 29.5 Å². The van der Waals surface area contributed by atoms with Crippen LogP contribution >= 0.6 is 24.0 Å². The molecule has 0 saturated heterocycles. The summed E-state index contributed by atoms with van der Waals surface area (Å²) < 4.78 is 2.41. The summed E-state index contributed by atoms with van der Waals surface area (Å²) >= 11 is 0. The molecule has 0 bridgehead atoms. The van der Waals surface area contributed by atoms with E-state index in [0.29, 0.717) is 18.5 Å². The summed E-state index contributed by atoms with van der Waals surface area (Å²) in [5.41, 5.74) is 9.32. The number of nitrogens with zero attached hydrogens (tertiary/aromatic N) is 3. The fourth-order valence-corrected chi connectivity index (χ4v) is 2.88. The molecule has 1 aromatic heterocycles. The fraction of sp³-hybridized carbons (Fsp3) is 0.556. The number of halogens is 1. The van der Waals surface area contributed by atoms with Crippen LogP contribution in [0.4, 0.5) is 0 Å². The van der Waals surface area contributed by atoms with Gasteiger partial charge in [0.05, 0.1) is 17.6 Å². The fourth-order valence-electron chi connectivity index (χ4n) is 2.88. The van der Waals surface area contributed by atoms with Crippen molar-refractivity contribution in [2.75, 3.05) is 0 Å². The average Bonchev–Trinajstić information content (AvgIpc) is 3.23. The molecule has 2 aromatic rings. The van der Waals surface area contributed by atoms with Crippen LogP contribution in [-0.2, 0) is 13.0 Å². The highest BCUT2D eigenvalue weighted by Gasteiger charge is 2.27. The molecule has 0 atom stereocenters. The molecule has 132 valence electrons. The predicted molar refractivity (Wildman–Crippen MR) is 111 cm³/mol. The molecular formula is C18H28IN5. The first-order chi connectivity index (χ1) is 10.9. The van der Waals surface area contributed by atoms with Crippen LogP contribution in [0.25, 0.3) is 11.0 Å². The second kappa shape index (κ2) is 7.29. The third-order valence-electron chi connectivity index (χ3n) is 3.99. The van der Waals surface area contributed by atoms with Crippen LogP contribution in [0.3, 0.4) is 0 Å². The lowest BCUT2D eigenvalue weighted by Crippen LogP contribution is -2.44. The highest BCUT2D eigenvalue weighted by molar-refractivity contribution is 14.0. The quantitative estimate of drug-likeness (QED) is 0.432. The van der Waals surface area contributed by atoms with Gasteiger partial charge in [-0.15, -0.1) is 24.0 Å². The van der Waals surface area contributed by atoms with E-state index in [9.17, 15) is 0 Å².